The van der Waals surface area contributed by atoms with Gasteiger partial charge in [0.15, 0.2) is 0 Å². The zero-order valence-electron chi connectivity index (χ0n) is 9.03. The maximum atomic E-state index is 10.7. The van der Waals surface area contributed by atoms with Crippen LogP contribution >= 0.6 is 23.4 Å². The third-order valence-electron chi connectivity index (χ3n) is 1.76. The summed E-state index contributed by atoms with van der Waals surface area (Å²) in [6.45, 7) is 3.43. The molecule has 0 atom stereocenters. The summed E-state index contributed by atoms with van der Waals surface area (Å²) in [6.07, 6.45) is 0. The fraction of sp³-hybridized carbons (Fsp3) is 0.364. The molecule has 5 heteroatoms. The van der Waals surface area contributed by atoms with Crippen molar-refractivity contribution in [3.8, 4) is 0 Å². The lowest BCUT2D eigenvalue weighted by atomic mass is 10.2. The van der Waals surface area contributed by atoms with Gasteiger partial charge in [-0.2, -0.15) is 0 Å². The molecule has 0 heterocycles. The average Bonchev–Trinajstić information content (AvgIpc) is 2.13. The molecule has 0 aromatic heterocycles. The highest BCUT2D eigenvalue weighted by Gasteiger charge is 2.14. The SMILES string of the molecule is CC(C)(O)CSc1ccc(C(=O)O)c(Cl)c1. The smallest absolute Gasteiger partial charge is 0.337 e. The van der Waals surface area contributed by atoms with Gasteiger partial charge in [-0.3, -0.25) is 0 Å². The molecule has 1 aromatic rings. The largest absolute Gasteiger partial charge is 0.478 e. The van der Waals surface area contributed by atoms with Gasteiger partial charge in [-0.1, -0.05) is 11.6 Å². The van der Waals surface area contributed by atoms with E-state index in [2.05, 4.69) is 0 Å². The van der Waals surface area contributed by atoms with E-state index in [0.29, 0.717) is 5.75 Å². The number of carboxylic acids is 1. The number of carboxylic acid groups (broad SMARTS) is 1. The number of hydrogen-bond acceptors (Lipinski definition) is 3. The summed E-state index contributed by atoms with van der Waals surface area (Å²) >= 11 is 7.25. The van der Waals surface area contributed by atoms with Gasteiger partial charge in [0.1, 0.15) is 0 Å². The molecule has 2 N–H and O–H groups in total. The first-order valence-electron chi connectivity index (χ1n) is 4.67. The molecule has 0 aliphatic carbocycles. The quantitative estimate of drug-likeness (QED) is 0.818. The number of aromatic carboxylic acids is 1. The summed E-state index contributed by atoms with van der Waals surface area (Å²) in [5.74, 6) is -0.514. The first-order valence-corrected chi connectivity index (χ1v) is 6.04. The fourth-order valence-corrected chi connectivity index (χ4v) is 2.23. The third kappa shape index (κ3) is 4.04. The Labute approximate surface area is 103 Å². The van der Waals surface area contributed by atoms with Crippen molar-refractivity contribution in [1.29, 1.82) is 0 Å². The van der Waals surface area contributed by atoms with E-state index in [4.69, 9.17) is 16.7 Å². The van der Waals surface area contributed by atoms with Crippen LogP contribution in [0.15, 0.2) is 23.1 Å². The van der Waals surface area contributed by atoms with Crippen molar-refractivity contribution in [2.75, 3.05) is 5.75 Å². The maximum Gasteiger partial charge on any atom is 0.337 e. The van der Waals surface area contributed by atoms with Gasteiger partial charge in [-0.05, 0) is 32.0 Å². The Morgan fingerprint density at radius 3 is 2.56 bits per heavy atom. The molecule has 0 radical (unpaired) electrons. The summed E-state index contributed by atoms with van der Waals surface area (Å²) in [4.78, 5) is 11.6. The van der Waals surface area contributed by atoms with Gasteiger partial charge < -0.3 is 10.2 Å². The first-order chi connectivity index (χ1) is 7.29. The highest BCUT2D eigenvalue weighted by atomic mass is 35.5. The van der Waals surface area contributed by atoms with Crippen LogP contribution in [0.1, 0.15) is 24.2 Å². The summed E-state index contributed by atoms with van der Waals surface area (Å²) in [5.41, 5.74) is -0.669. The Bertz CT molecular complexity index is 399. The van der Waals surface area contributed by atoms with Crippen molar-refractivity contribution in [2.45, 2.75) is 24.3 Å². The summed E-state index contributed by atoms with van der Waals surface area (Å²) < 4.78 is 0. The lowest BCUT2D eigenvalue weighted by molar-refractivity contribution is 0.0697. The molecule has 3 nitrogen and oxygen atoms in total. The highest BCUT2D eigenvalue weighted by molar-refractivity contribution is 7.99. The molecule has 0 saturated carbocycles. The van der Waals surface area contributed by atoms with Crippen LogP contribution in [0, 0.1) is 0 Å². The number of halogens is 1. The van der Waals surface area contributed by atoms with Crippen LogP contribution in [0.25, 0.3) is 0 Å². The van der Waals surface area contributed by atoms with Crippen LogP contribution < -0.4 is 0 Å². The standard InChI is InChI=1S/C11H13ClO3S/c1-11(2,15)6-16-7-3-4-8(10(13)14)9(12)5-7/h3-5,15H,6H2,1-2H3,(H,13,14). The van der Waals surface area contributed by atoms with E-state index in [-0.39, 0.29) is 10.6 Å². The number of hydrogen-bond donors (Lipinski definition) is 2. The molecule has 0 unspecified atom stereocenters. The number of carbonyl (C=O) groups is 1. The third-order valence-corrected chi connectivity index (χ3v) is 3.51. The summed E-state index contributed by atoms with van der Waals surface area (Å²) in [6, 6.07) is 4.75. The topological polar surface area (TPSA) is 57.5 Å². The van der Waals surface area contributed by atoms with E-state index >= 15 is 0 Å². The number of thioether (sulfide) groups is 1. The number of aliphatic hydroxyl groups is 1. The Morgan fingerprint density at radius 2 is 2.12 bits per heavy atom. The van der Waals surface area contributed by atoms with E-state index in [9.17, 15) is 9.90 Å². The predicted octanol–water partition coefficient (Wildman–Crippen LogP) is 2.90. The Morgan fingerprint density at radius 1 is 1.50 bits per heavy atom. The van der Waals surface area contributed by atoms with E-state index in [0.717, 1.165) is 4.90 Å². The molecule has 0 spiro atoms. The molecule has 1 aromatic carbocycles. The number of rotatable bonds is 4. The minimum Gasteiger partial charge on any atom is -0.478 e. The lowest BCUT2D eigenvalue weighted by Crippen LogP contribution is -2.21. The molecule has 0 amide bonds. The van der Waals surface area contributed by atoms with Crippen LogP contribution in [0.4, 0.5) is 0 Å². The Hall–Kier alpha value is -0.710. The predicted molar refractivity (Wildman–Crippen MR) is 65.4 cm³/mol. The summed E-state index contributed by atoms with van der Waals surface area (Å²) in [7, 11) is 0. The van der Waals surface area contributed by atoms with Crippen molar-refractivity contribution in [3.05, 3.63) is 28.8 Å². The minimum atomic E-state index is -1.04. The molecule has 0 fully saturated rings. The second kappa shape index (κ2) is 5.08. The average molecular weight is 261 g/mol. The van der Waals surface area contributed by atoms with E-state index in [1.165, 1.54) is 17.8 Å². The summed E-state index contributed by atoms with van der Waals surface area (Å²) in [5, 5.41) is 18.5. The van der Waals surface area contributed by atoms with Crippen molar-refractivity contribution < 1.29 is 15.0 Å². The van der Waals surface area contributed by atoms with Crippen molar-refractivity contribution in [1.82, 2.24) is 0 Å². The van der Waals surface area contributed by atoms with Gasteiger partial charge in [0, 0.05) is 10.6 Å². The first kappa shape index (κ1) is 13.4. The highest BCUT2D eigenvalue weighted by Crippen LogP contribution is 2.27. The molecule has 0 aliphatic rings. The fourth-order valence-electron chi connectivity index (χ4n) is 1.02. The second-order valence-electron chi connectivity index (χ2n) is 4.05. The zero-order valence-corrected chi connectivity index (χ0v) is 10.6. The molecule has 0 aliphatic heterocycles. The molecule has 0 saturated heterocycles. The molecule has 1 rings (SSSR count). The van der Waals surface area contributed by atoms with Crippen molar-refractivity contribution in [3.63, 3.8) is 0 Å². The molecule has 0 bridgehead atoms. The van der Waals surface area contributed by atoms with Crippen LogP contribution in [0.5, 0.6) is 0 Å². The van der Waals surface area contributed by atoms with Crippen LogP contribution in [-0.2, 0) is 0 Å². The monoisotopic (exact) mass is 260 g/mol. The van der Waals surface area contributed by atoms with Crippen molar-refractivity contribution >= 4 is 29.3 Å². The normalized spacial score (nSPS) is 11.5. The van der Waals surface area contributed by atoms with E-state index in [1.54, 1.807) is 26.0 Å². The van der Waals surface area contributed by atoms with E-state index < -0.39 is 11.6 Å². The molecule has 88 valence electrons. The van der Waals surface area contributed by atoms with Crippen LogP contribution in [0.2, 0.25) is 5.02 Å². The minimum absolute atomic E-state index is 0.0919. The molecular formula is C11H13ClO3S. The zero-order chi connectivity index (χ0) is 12.3. The lowest BCUT2D eigenvalue weighted by Gasteiger charge is -2.16. The number of benzene rings is 1. The van der Waals surface area contributed by atoms with Gasteiger partial charge in [0.25, 0.3) is 0 Å². The Balaban J connectivity index is 2.78. The van der Waals surface area contributed by atoms with Gasteiger partial charge in [-0.25, -0.2) is 4.79 Å². The molecule has 16 heavy (non-hydrogen) atoms. The van der Waals surface area contributed by atoms with Gasteiger partial charge in [0.2, 0.25) is 0 Å². The van der Waals surface area contributed by atoms with Gasteiger partial charge in [0.05, 0.1) is 16.2 Å². The van der Waals surface area contributed by atoms with Gasteiger partial charge >= 0.3 is 5.97 Å². The molecular weight excluding hydrogens is 248 g/mol. The second-order valence-corrected chi connectivity index (χ2v) is 5.50. The van der Waals surface area contributed by atoms with Gasteiger partial charge in [-0.15, -0.1) is 11.8 Å². The van der Waals surface area contributed by atoms with E-state index in [1.807, 2.05) is 0 Å². The Kier molecular flexibility index (Phi) is 4.24. The van der Waals surface area contributed by atoms with Crippen LogP contribution in [-0.4, -0.2) is 27.5 Å². The van der Waals surface area contributed by atoms with Crippen LogP contribution in [0.3, 0.4) is 0 Å². The van der Waals surface area contributed by atoms with Crippen molar-refractivity contribution in [2.24, 2.45) is 0 Å². The maximum absolute atomic E-state index is 10.7.